The fourth-order valence-electron chi connectivity index (χ4n) is 7.71. The molecule has 4 heteroatoms. The van der Waals surface area contributed by atoms with Gasteiger partial charge in [-0.2, -0.15) is 0 Å². The summed E-state index contributed by atoms with van der Waals surface area (Å²) in [6.45, 7) is 5.25. The highest BCUT2D eigenvalue weighted by molar-refractivity contribution is 5.75. The van der Waals surface area contributed by atoms with Crippen LogP contribution in [0.2, 0.25) is 0 Å². The third-order valence-electron chi connectivity index (χ3n) is 8.74. The molecule has 4 nitrogen and oxygen atoms in total. The van der Waals surface area contributed by atoms with Gasteiger partial charge in [-0.3, -0.25) is 4.79 Å². The Bertz CT molecular complexity index is 725. The van der Waals surface area contributed by atoms with Crippen molar-refractivity contribution in [1.29, 1.82) is 0 Å². The number of ether oxygens (including phenoxy) is 2. The number of nitrogens with zero attached hydrogens (tertiary/aromatic N) is 1. The van der Waals surface area contributed by atoms with Crippen LogP contribution in [0, 0.1) is 28.6 Å². The van der Waals surface area contributed by atoms with Gasteiger partial charge in [0.05, 0.1) is 25.4 Å². The second-order valence-corrected chi connectivity index (χ2v) is 9.68. The molecule has 2 bridgehead atoms. The van der Waals surface area contributed by atoms with Gasteiger partial charge in [-0.05, 0) is 63.5 Å². The monoisotopic (exact) mass is 371 g/mol. The Morgan fingerprint density at radius 1 is 1.37 bits per heavy atom. The van der Waals surface area contributed by atoms with Crippen molar-refractivity contribution >= 4 is 5.97 Å². The summed E-state index contributed by atoms with van der Waals surface area (Å²) in [5.74, 6) is 2.27. The lowest BCUT2D eigenvalue weighted by molar-refractivity contribution is -0.149. The Morgan fingerprint density at radius 2 is 2.19 bits per heavy atom. The number of hydrogen-bond donors (Lipinski definition) is 0. The number of esters is 1. The maximum atomic E-state index is 12.7. The van der Waals surface area contributed by atoms with E-state index in [4.69, 9.17) is 9.47 Å². The summed E-state index contributed by atoms with van der Waals surface area (Å²) in [6.07, 6.45) is 10.3. The zero-order valence-electron chi connectivity index (χ0n) is 17.1. The van der Waals surface area contributed by atoms with Crippen LogP contribution in [0.5, 0.6) is 0 Å². The highest BCUT2D eigenvalue weighted by Gasteiger charge is 2.68. The maximum absolute atomic E-state index is 12.7. The molecule has 0 aromatic carbocycles. The Balaban J connectivity index is 1.67. The van der Waals surface area contributed by atoms with Crippen molar-refractivity contribution < 1.29 is 14.3 Å². The molecule has 2 heterocycles. The third kappa shape index (κ3) is 2.22. The molecule has 0 aromatic heterocycles. The Morgan fingerprint density at radius 3 is 2.89 bits per heavy atom. The van der Waals surface area contributed by atoms with Crippen LogP contribution in [0.3, 0.4) is 0 Å². The van der Waals surface area contributed by atoms with Gasteiger partial charge in [0.2, 0.25) is 0 Å². The number of carbonyl (C=O) groups excluding carboxylic acids is 1. The van der Waals surface area contributed by atoms with Crippen LogP contribution in [0.1, 0.15) is 51.9 Å². The minimum atomic E-state index is 0.0117. The number of allylic oxidation sites excluding steroid dienone is 3. The van der Waals surface area contributed by atoms with E-state index in [1.165, 1.54) is 19.3 Å². The van der Waals surface area contributed by atoms with E-state index in [1.807, 2.05) is 0 Å². The zero-order valence-corrected chi connectivity index (χ0v) is 17.1. The standard InChI is InChI=1S/C23H33NO3/c1-4-17-9-10-22(14-27-17)16-7-5-15-6-8-18-19(21(25)26-3)11-23(22,20(15)18)13-24(2)12-16/h9,16,18-19H,4-8,10-14H2,1-3H3/t16?,18-,19+,22-,23+/m1/s1. The molecule has 5 aliphatic rings. The fraction of sp³-hybridized carbons (Fsp3) is 0.783. The van der Waals surface area contributed by atoms with Gasteiger partial charge in [-0.25, -0.2) is 0 Å². The second-order valence-electron chi connectivity index (χ2n) is 9.68. The number of piperidine rings is 1. The molecule has 1 saturated carbocycles. The molecule has 5 atom stereocenters. The van der Waals surface area contributed by atoms with Crippen molar-refractivity contribution in [3.63, 3.8) is 0 Å². The lowest BCUT2D eigenvalue weighted by Crippen LogP contribution is -2.61. The minimum Gasteiger partial charge on any atom is -0.498 e. The Hall–Kier alpha value is -1.29. The molecule has 1 saturated heterocycles. The van der Waals surface area contributed by atoms with E-state index in [2.05, 4.69) is 24.9 Å². The fourth-order valence-corrected chi connectivity index (χ4v) is 7.71. The number of methoxy groups -OCH3 is 1. The van der Waals surface area contributed by atoms with Crippen molar-refractivity contribution in [2.75, 3.05) is 33.9 Å². The van der Waals surface area contributed by atoms with Crippen LogP contribution in [0.25, 0.3) is 0 Å². The maximum Gasteiger partial charge on any atom is 0.309 e. The van der Waals surface area contributed by atoms with Crippen molar-refractivity contribution in [3.8, 4) is 0 Å². The van der Waals surface area contributed by atoms with Crippen LogP contribution in [-0.2, 0) is 14.3 Å². The van der Waals surface area contributed by atoms with E-state index in [1.54, 1.807) is 18.3 Å². The lowest BCUT2D eigenvalue weighted by Gasteiger charge is -2.59. The minimum absolute atomic E-state index is 0.0117. The van der Waals surface area contributed by atoms with Crippen LogP contribution in [-0.4, -0.2) is 44.7 Å². The molecular formula is C23H33NO3. The molecule has 1 unspecified atom stereocenters. The van der Waals surface area contributed by atoms with Gasteiger partial charge in [0.15, 0.2) is 0 Å². The molecule has 148 valence electrons. The summed E-state index contributed by atoms with van der Waals surface area (Å²) in [7, 11) is 3.84. The first-order valence-electron chi connectivity index (χ1n) is 10.9. The summed E-state index contributed by atoms with van der Waals surface area (Å²) in [4.78, 5) is 15.3. The summed E-state index contributed by atoms with van der Waals surface area (Å²) in [5, 5.41) is 0. The van der Waals surface area contributed by atoms with Gasteiger partial charge >= 0.3 is 5.97 Å². The number of carbonyl (C=O) groups is 1. The molecule has 0 aromatic rings. The number of rotatable bonds is 2. The molecular weight excluding hydrogens is 338 g/mol. The predicted octanol–water partition coefficient (Wildman–Crippen LogP) is 3.93. The molecule has 0 N–H and O–H groups in total. The molecule has 0 radical (unpaired) electrons. The molecule has 3 aliphatic carbocycles. The quantitative estimate of drug-likeness (QED) is 0.545. The van der Waals surface area contributed by atoms with Gasteiger partial charge in [-0.1, -0.05) is 18.1 Å². The topological polar surface area (TPSA) is 38.8 Å². The Kier molecular flexibility index (Phi) is 4.02. The van der Waals surface area contributed by atoms with Crippen LogP contribution in [0.4, 0.5) is 0 Å². The predicted molar refractivity (Wildman–Crippen MR) is 104 cm³/mol. The first-order chi connectivity index (χ1) is 13.0. The third-order valence-corrected chi connectivity index (χ3v) is 8.74. The summed E-state index contributed by atoms with van der Waals surface area (Å²) < 4.78 is 11.6. The largest absolute Gasteiger partial charge is 0.498 e. The summed E-state index contributed by atoms with van der Waals surface area (Å²) in [6, 6.07) is 0. The van der Waals surface area contributed by atoms with Gasteiger partial charge < -0.3 is 14.4 Å². The van der Waals surface area contributed by atoms with Gasteiger partial charge in [0.1, 0.15) is 0 Å². The SMILES string of the molecule is CCC1=CC[C@@]2(CO1)C1CCC3=C4[C@H](CC3)[C@@H](C(=O)OC)C[C@]42CN(C)C1. The first-order valence-corrected chi connectivity index (χ1v) is 10.9. The van der Waals surface area contributed by atoms with Crippen molar-refractivity contribution in [3.05, 3.63) is 23.0 Å². The molecule has 2 aliphatic heterocycles. The number of likely N-dealkylation sites (tertiary alicyclic amines) is 1. The lowest BCUT2D eigenvalue weighted by atomic mass is 9.51. The van der Waals surface area contributed by atoms with Crippen molar-refractivity contribution in [2.24, 2.45) is 28.6 Å². The van der Waals surface area contributed by atoms with Gasteiger partial charge in [0, 0.05) is 30.3 Å². The van der Waals surface area contributed by atoms with Crippen LogP contribution < -0.4 is 0 Å². The molecule has 5 rings (SSSR count). The van der Waals surface area contributed by atoms with Crippen LogP contribution in [0.15, 0.2) is 23.0 Å². The smallest absolute Gasteiger partial charge is 0.309 e. The van der Waals surface area contributed by atoms with E-state index in [9.17, 15) is 4.79 Å². The van der Waals surface area contributed by atoms with E-state index in [0.29, 0.717) is 11.8 Å². The summed E-state index contributed by atoms with van der Waals surface area (Å²) in [5.41, 5.74) is 3.60. The average molecular weight is 372 g/mol. The summed E-state index contributed by atoms with van der Waals surface area (Å²) >= 11 is 0. The van der Waals surface area contributed by atoms with E-state index in [0.717, 1.165) is 51.1 Å². The highest BCUT2D eigenvalue weighted by atomic mass is 16.5. The Labute approximate surface area is 163 Å². The molecule has 2 spiro atoms. The molecule has 27 heavy (non-hydrogen) atoms. The van der Waals surface area contributed by atoms with Crippen LogP contribution >= 0.6 is 0 Å². The number of hydrogen-bond acceptors (Lipinski definition) is 4. The van der Waals surface area contributed by atoms with Gasteiger partial charge in [0.25, 0.3) is 0 Å². The zero-order chi connectivity index (χ0) is 18.8. The average Bonchev–Trinajstić information content (AvgIpc) is 3.22. The van der Waals surface area contributed by atoms with Crippen molar-refractivity contribution in [1.82, 2.24) is 4.90 Å². The normalized spacial score (nSPS) is 43.2. The molecule has 2 fully saturated rings. The van der Waals surface area contributed by atoms with E-state index in [-0.39, 0.29) is 22.7 Å². The highest BCUT2D eigenvalue weighted by Crippen LogP contribution is 2.71. The molecule has 0 amide bonds. The second kappa shape index (κ2) is 6.10. The van der Waals surface area contributed by atoms with E-state index < -0.39 is 0 Å². The van der Waals surface area contributed by atoms with Crippen molar-refractivity contribution in [2.45, 2.75) is 51.9 Å². The first kappa shape index (κ1) is 17.8. The van der Waals surface area contributed by atoms with Gasteiger partial charge in [-0.15, -0.1) is 0 Å². The van der Waals surface area contributed by atoms with E-state index >= 15 is 0 Å².